The Morgan fingerprint density at radius 3 is 2.51 bits per heavy atom. The summed E-state index contributed by atoms with van der Waals surface area (Å²) in [4.78, 5) is 41.4. The maximum absolute atomic E-state index is 13.5. The first-order valence-electron chi connectivity index (χ1n) is 12.4. The maximum atomic E-state index is 13.5. The first kappa shape index (κ1) is 27.1. The fourth-order valence-electron chi connectivity index (χ4n) is 5.03. The van der Waals surface area contributed by atoms with Crippen molar-refractivity contribution in [1.29, 1.82) is 0 Å². The number of nitrogens with two attached hydrogens (primary N) is 1. The molecule has 0 saturated carbocycles. The molecule has 1 fully saturated rings. The predicted molar refractivity (Wildman–Crippen MR) is 132 cm³/mol. The Kier molecular flexibility index (Phi) is 8.90. The number of para-hydroxylation sites is 1. The van der Waals surface area contributed by atoms with Crippen molar-refractivity contribution in [3.05, 3.63) is 29.8 Å². The number of morpholine rings is 1. The lowest BCUT2D eigenvalue weighted by Crippen LogP contribution is -2.50. The third-order valence-corrected chi connectivity index (χ3v) is 7.05. The second kappa shape index (κ2) is 11.5. The molecule has 0 aliphatic carbocycles. The molecule has 35 heavy (non-hydrogen) atoms. The summed E-state index contributed by atoms with van der Waals surface area (Å²) in [5.41, 5.74) is 7.48. The van der Waals surface area contributed by atoms with E-state index in [0.717, 1.165) is 11.3 Å². The third-order valence-electron chi connectivity index (χ3n) is 7.05. The van der Waals surface area contributed by atoms with Crippen LogP contribution in [0.4, 0.5) is 5.69 Å². The minimum Gasteiger partial charge on any atom is -0.481 e. The van der Waals surface area contributed by atoms with E-state index >= 15 is 0 Å². The molecule has 3 rings (SSSR count). The highest BCUT2D eigenvalue weighted by atomic mass is 16.5. The van der Waals surface area contributed by atoms with Crippen molar-refractivity contribution in [2.24, 2.45) is 23.0 Å². The highest BCUT2D eigenvalue weighted by molar-refractivity contribution is 5.96. The molecule has 0 bridgehead atoms. The van der Waals surface area contributed by atoms with Crippen molar-refractivity contribution in [2.45, 2.75) is 58.6 Å². The Bertz CT molecular complexity index is 914. The summed E-state index contributed by atoms with van der Waals surface area (Å²) in [5, 5.41) is 19.5. The van der Waals surface area contributed by atoms with Gasteiger partial charge >= 0.3 is 5.97 Å². The molecule has 0 unspecified atom stereocenters. The number of benzene rings is 1. The molecule has 0 radical (unpaired) electrons. The molecule has 2 aliphatic rings. The maximum Gasteiger partial charge on any atom is 0.306 e. The molecule has 1 saturated heterocycles. The molecule has 0 spiro atoms. The summed E-state index contributed by atoms with van der Waals surface area (Å²) < 4.78 is 5.37. The number of rotatable bonds is 9. The van der Waals surface area contributed by atoms with Gasteiger partial charge in [-0.25, -0.2) is 0 Å². The van der Waals surface area contributed by atoms with Crippen LogP contribution in [0.15, 0.2) is 24.3 Å². The largest absolute Gasteiger partial charge is 0.481 e. The van der Waals surface area contributed by atoms with Crippen LogP contribution in [0.25, 0.3) is 0 Å². The topological polar surface area (TPSA) is 133 Å². The summed E-state index contributed by atoms with van der Waals surface area (Å²) in [5.74, 6) is -2.03. The molecule has 2 amide bonds. The van der Waals surface area contributed by atoms with Crippen molar-refractivity contribution in [3.8, 4) is 0 Å². The summed E-state index contributed by atoms with van der Waals surface area (Å²) >= 11 is 0. The number of carboxylic acid groups (broad SMARTS) is 1. The Balaban J connectivity index is 1.69. The van der Waals surface area contributed by atoms with E-state index in [1.807, 2.05) is 43.0 Å². The highest BCUT2D eigenvalue weighted by Crippen LogP contribution is 2.35. The van der Waals surface area contributed by atoms with Crippen LogP contribution in [0.3, 0.4) is 0 Å². The molecule has 194 valence electrons. The van der Waals surface area contributed by atoms with Gasteiger partial charge in [0.05, 0.1) is 31.2 Å². The Hall–Kier alpha value is -2.49. The number of ether oxygens (including phenoxy) is 1. The van der Waals surface area contributed by atoms with Gasteiger partial charge in [0.25, 0.3) is 0 Å². The number of carbonyl (C=O) groups is 3. The lowest BCUT2D eigenvalue weighted by atomic mass is 9.79. The SMILES string of the molecule is C[C@H](C[C@H](O)[C@@H](N)CC(C)(C)CC(=O)N1C[C@H](C(=O)N2CCOCC2)Cc2ccccc21)C(=O)O. The fraction of sp³-hybridized carbons (Fsp3) is 0.654. The Morgan fingerprint density at radius 2 is 1.86 bits per heavy atom. The van der Waals surface area contributed by atoms with Crippen LogP contribution in [-0.4, -0.2) is 77.9 Å². The summed E-state index contributed by atoms with van der Waals surface area (Å²) in [6, 6.07) is 7.05. The number of anilines is 1. The molecule has 4 N–H and O–H groups in total. The van der Waals surface area contributed by atoms with E-state index in [0.29, 0.717) is 45.7 Å². The van der Waals surface area contributed by atoms with Gasteiger partial charge < -0.3 is 30.5 Å². The molecular formula is C26H39N3O6. The molecule has 9 nitrogen and oxygen atoms in total. The van der Waals surface area contributed by atoms with Crippen molar-refractivity contribution in [3.63, 3.8) is 0 Å². The molecule has 1 aromatic rings. The zero-order chi connectivity index (χ0) is 25.8. The fourth-order valence-corrected chi connectivity index (χ4v) is 5.03. The van der Waals surface area contributed by atoms with Crippen molar-refractivity contribution in [2.75, 3.05) is 37.7 Å². The highest BCUT2D eigenvalue weighted by Gasteiger charge is 2.37. The third kappa shape index (κ3) is 7.02. The molecule has 2 heterocycles. The lowest BCUT2D eigenvalue weighted by Gasteiger charge is -2.39. The number of hydrogen-bond acceptors (Lipinski definition) is 6. The van der Waals surface area contributed by atoms with Crippen molar-refractivity contribution < 1.29 is 29.3 Å². The van der Waals surface area contributed by atoms with E-state index in [9.17, 15) is 19.5 Å². The second-order valence-electron chi connectivity index (χ2n) is 10.7. The molecule has 2 aliphatic heterocycles. The standard InChI is InChI=1S/C26H39N3O6/c1-17(25(33)34)12-22(30)20(27)14-26(2,3)15-23(31)29-16-19(13-18-6-4-5-7-21(18)29)24(32)28-8-10-35-11-9-28/h4-7,17,19-20,22,30H,8-16,27H2,1-3H3,(H,33,34)/t17-,19-,20+,22+/m1/s1. The minimum atomic E-state index is -0.976. The van der Waals surface area contributed by atoms with Gasteiger partial charge in [-0.05, 0) is 36.3 Å². The zero-order valence-electron chi connectivity index (χ0n) is 21.0. The number of hydrogen-bond donors (Lipinski definition) is 3. The van der Waals surface area contributed by atoms with Crippen LogP contribution < -0.4 is 10.6 Å². The molecule has 0 aromatic heterocycles. The number of carboxylic acids is 1. The van der Waals surface area contributed by atoms with Gasteiger partial charge in [0.1, 0.15) is 0 Å². The van der Waals surface area contributed by atoms with Crippen molar-refractivity contribution >= 4 is 23.5 Å². The molecule has 9 heteroatoms. The number of nitrogens with zero attached hydrogens (tertiary/aromatic N) is 2. The van der Waals surface area contributed by atoms with Gasteiger partial charge in [-0.2, -0.15) is 0 Å². The molecule has 1 aromatic carbocycles. The summed E-state index contributed by atoms with van der Waals surface area (Å²) in [7, 11) is 0. The first-order chi connectivity index (χ1) is 16.5. The first-order valence-corrected chi connectivity index (χ1v) is 12.4. The van der Waals surface area contributed by atoms with Crippen LogP contribution >= 0.6 is 0 Å². The van der Waals surface area contributed by atoms with Gasteiger partial charge in [-0.15, -0.1) is 0 Å². The average Bonchev–Trinajstić information content (AvgIpc) is 2.82. The van der Waals surface area contributed by atoms with Gasteiger partial charge in [-0.1, -0.05) is 39.0 Å². The predicted octanol–water partition coefficient (Wildman–Crippen LogP) is 1.66. The number of aliphatic hydroxyl groups is 1. The monoisotopic (exact) mass is 489 g/mol. The van der Waals surface area contributed by atoms with Gasteiger partial charge in [0.15, 0.2) is 0 Å². The Morgan fingerprint density at radius 1 is 1.20 bits per heavy atom. The van der Waals surface area contributed by atoms with E-state index in [1.165, 1.54) is 6.92 Å². The van der Waals surface area contributed by atoms with E-state index in [1.54, 1.807) is 4.90 Å². The zero-order valence-corrected chi connectivity index (χ0v) is 21.0. The second-order valence-corrected chi connectivity index (χ2v) is 10.7. The molecular weight excluding hydrogens is 450 g/mol. The smallest absolute Gasteiger partial charge is 0.306 e. The van der Waals surface area contributed by atoms with E-state index in [2.05, 4.69) is 0 Å². The average molecular weight is 490 g/mol. The number of aliphatic carboxylic acids is 1. The molecule has 4 atom stereocenters. The van der Waals surface area contributed by atoms with Crippen LogP contribution in [0.2, 0.25) is 0 Å². The number of aliphatic hydroxyl groups excluding tert-OH is 1. The van der Waals surface area contributed by atoms with Crippen LogP contribution in [0.1, 0.15) is 45.6 Å². The summed E-state index contributed by atoms with van der Waals surface area (Å²) in [6.07, 6.45) is 0.234. The van der Waals surface area contributed by atoms with Gasteiger partial charge in [-0.3, -0.25) is 14.4 Å². The van der Waals surface area contributed by atoms with Crippen LogP contribution in [-0.2, 0) is 25.5 Å². The van der Waals surface area contributed by atoms with Crippen molar-refractivity contribution in [1.82, 2.24) is 4.90 Å². The van der Waals surface area contributed by atoms with Gasteiger partial charge in [0, 0.05) is 37.8 Å². The summed E-state index contributed by atoms with van der Waals surface area (Å²) in [6.45, 7) is 7.90. The van der Waals surface area contributed by atoms with E-state index < -0.39 is 29.4 Å². The van der Waals surface area contributed by atoms with Crippen LogP contribution in [0.5, 0.6) is 0 Å². The van der Waals surface area contributed by atoms with E-state index in [4.69, 9.17) is 15.6 Å². The number of carbonyl (C=O) groups excluding carboxylic acids is 2. The number of fused-ring (bicyclic) bond motifs is 1. The van der Waals surface area contributed by atoms with Gasteiger partial charge in [0.2, 0.25) is 11.8 Å². The normalized spacial score (nSPS) is 21.1. The quantitative estimate of drug-likeness (QED) is 0.480. The minimum absolute atomic E-state index is 0.0533. The van der Waals surface area contributed by atoms with E-state index in [-0.39, 0.29) is 30.6 Å². The lowest BCUT2D eigenvalue weighted by molar-refractivity contribution is -0.142. The van der Waals surface area contributed by atoms with Crippen LogP contribution in [0, 0.1) is 17.3 Å². The number of amides is 2. The Labute approximate surface area is 207 Å².